The maximum atomic E-state index is 13.5. The summed E-state index contributed by atoms with van der Waals surface area (Å²) in [5, 5.41) is 0. The Morgan fingerprint density at radius 2 is 1.84 bits per heavy atom. The number of benzene rings is 2. The summed E-state index contributed by atoms with van der Waals surface area (Å²) in [6, 6.07) is 11.8. The fourth-order valence-electron chi connectivity index (χ4n) is 1.82. The lowest BCUT2D eigenvalue weighted by Crippen LogP contribution is -2.27. The van der Waals surface area contributed by atoms with Gasteiger partial charge in [0.15, 0.2) is 0 Å². The van der Waals surface area contributed by atoms with E-state index in [4.69, 9.17) is 0 Å². The van der Waals surface area contributed by atoms with Crippen LogP contribution in [0, 0.1) is 11.6 Å². The standard InChI is InChI=1S/C15H13F2NO/c1-18(10-11-5-4-6-12(16)9-11)15(19)13-7-2-3-8-14(13)17/h2-9H,10H2,1H3. The molecule has 0 saturated heterocycles. The summed E-state index contributed by atoms with van der Waals surface area (Å²) in [5.74, 6) is -1.34. The van der Waals surface area contributed by atoms with Crippen molar-refractivity contribution < 1.29 is 13.6 Å². The fraction of sp³-hybridized carbons (Fsp3) is 0.133. The van der Waals surface area contributed by atoms with E-state index in [2.05, 4.69) is 0 Å². The second kappa shape index (κ2) is 5.61. The predicted molar refractivity (Wildman–Crippen MR) is 68.6 cm³/mol. The van der Waals surface area contributed by atoms with Gasteiger partial charge in [0.2, 0.25) is 0 Å². The van der Waals surface area contributed by atoms with Gasteiger partial charge in [-0.1, -0.05) is 24.3 Å². The first-order chi connectivity index (χ1) is 9.08. The summed E-state index contributed by atoms with van der Waals surface area (Å²) in [4.78, 5) is 13.4. The van der Waals surface area contributed by atoms with E-state index in [-0.39, 0.29) is 17.9 Å². The van der Waals surface area contributed by atoms with E-state index in [1.807, 2.05) is 0 Å². The van der Waals surface area contributed by atoms with Gasteiger partial charge in [-0.3, -0.25) is 4.79 Å². The molecule has 0 aromatic heterocycles. The van der Waals surface area contributed by atoms with Crippen molar-refractivity contribution in [2.45, 2.75) is 6.54 Å². The van der Waals surface area contributed by atoms with Crippen LogP contribution < -0.4 is 0 Å². The molecule has 2 nitrogen and oxygen atoms in total. The van der Waals surface area contributed by atoms with Crippen LogP contribution in [0.4, 0.5) is 8.78 Å². The summed E-state index contributed by atoms with van der Waals surface area (Å²) in [5.41, 5.74) is 0.675. The Bertz CT molecular complexity index is 598. The van der Waals surface area contributed by atoms with Gasteiger partial charge in [0, 0.05) is 13.6 Å². The van der Waals surface area contributed by atoms with Gasteiger partial charge in [0.25, 0.3) is 5.91 Å². The molecule has 2 rings (SSSR count). The zero-order chi connectivity index (χ0) is 13.8. The molecule has 0 fully saturated rings. The van der Waals surface area contributed by atoms with E-state index in [0.717, 1.165) is 0 Å². The third-order valence-electron chi connectivity index (χ3n) is 2.76. The van der Waals surface area contributed by atoms with Crippen molar-refractivity contribution in [2.75, 3.05) is 7.05 Å². The van der Waals surface area contributed by atoms with Gasteiger partial charge in [-0.25, -0.2) is 8.78 Å². The highest BCUT2D eigenvalue weighted by Gasteiger charge is 2.15. The normalized spacial score (nSPS) is 10.3. The summed E-state index contributed by atoms with van der Waals surface area (Å²) in [6.07, 6.45) is 0. The van der Waals surface area contributed by atoms with Crippen LogP contribution in [0.5, 0.6) is 0 Å². The molecule has 0 bridgehead atoms. The summed E-state index contributed by atoms with van der Waals surface area (Å²) >= 11 is 0. The van der Waals surface area contributed by atoms with Crippen LogP contribution in [0.1, 0.15) is 15.9 Å². The molecular formula is C15H13F2NO. The van der Waals surface area contributed by atoms with Crippen LogP contribution in [0.15, 0.2) is 48.5 Å². The molecule has 0 N–H and O–H groups in total. The van der Waals surface area contributed by atoms with Crippen molar-refractivity contribution in [2.24, 2.45) is 0 Å². The van der Waals surface area contributed by atoms with Crippen LogP contribution in [0.3, 0.4) is 0 Å². The molecule has 0 aliphatic rings. The molecule has 0 spiro atoms. The minimum Gasteiger partial charge on any atom is -0.337 e. The summed E-state index contributed by atoms with van der Waals surface area (Å²) in [7, 11) is 1.56. The second-order valence-electron chi connectivity index (χ2n) is 4.27. The highest BCUT2D eigenvalue weighted by atomic mass is 19.1. The topological polar surface area (TPSA) is 20.3 Å². The van der Waals surface area contributed by atoms with Crippen LogP contribution in [-0.4, -0.2) is 17.9 Å². The zero-order valence-corrected chi connectivity index (χ0v) is 10.4. The molecule has 98 valence electrons. The van der Waals surface area contributed by atoms with Gasteiger partial charge >= 0.3 is 0 Å². The molecule has 4 heteroatoms. The molecule has 0 saturated carbocycles. The average molecular weight is 261 g/mol. The smallest absolute Gasteiger partial charge is 0.256 e. The molecule has 2 aromatic rings. The van der Waals surface area contributed by atoms with Gasteiger partial charge < -0.3 is 4.90 Å². The molecular weight excluding hydrogens is 248 g/mol. The van der Waals surface area contributed by atoms with Crippen LogP contribution in [0.25, 0.3) is 0 Å². The molecule has 0 radical (unpaired) electrons. The minimum absolute atomic E-state index is 0.0152. The number of rotatable bonds is 3. The Labute approximate surface area is 110 Å². The third kappa shape index (κ3) is 3.16. The molecule has 2 aromatic carbocycles. The Hall–Kier alpha value is -2.23. The van der Waals surface area contributed by atoms with Crippen molar-refractivity contribution in [3.05, 3.63) is 71.3 Å². The van der Waals surface area contributed by atoms with Gasteiger partial charge in [0.05, 0.1) is 5.56 Å². The van der Waals surface area contributed by atoms with Gasteiger partial charge in [-0.15, -0.1) is 0 Å². The van der Waals surface area contributed by atoms with Crippen molar-refractivity contribution in [1.82, 2.24) is 4.90 Å². The predicted octanol–water partition coefficient (Wildman–Crippen LogP) is 3.24. The molecule has 0 aliphatic carbocycles. The minimum atomic E-state index is -0.557. The van der Waals surface area contributed by atoms with E-state index < -0.39 is 11.7 Å². The lowest BCUT2D eigenvalue weighted by atomic mass is 10.1. The molecule has 0 atom stereocenters. The second-order valence-corrected chi connectivity index (χ2v) is 4.27. The lowest BCUT2D eigenvalue weighted by molar-refractivity contribution is 0.0780. The van der Waals surface area contributed by atoms with Gasteiger partial charge in [-0.2, -0.15) is 0 Å². The zero-order valence-electron chi connectivity index (χ0n) is 10.4. The number of nitrogens with zero attached hydrogens (tertiary/aromatic N) is 1. The Kier molecular flexibility index (Phi) is 3.90. The number of amides is 1. The highest BCUT2D eigenvalue weighted by Crippen LogP contribution is 2.12. The number of carbonyl (C=O) groups is 1. The fourth-order valence-corrected chi connectivity index (χ4v) is 1.82. The monoisotopic (exact) mass is 261 g/mol. The SMILES string of the molecule is CN(Cc1cccc(F)c1)C(=O)c1ccccc1F. The molecule has 0 heterocycles. The van der Waals surface area contributed by atoms with E-state index >= 15 is 0 Å². The van der Waals surface area contributed by atoms with E-state index in [1.165, 1.54) is 35.2 Å². The Balaban J connectivity index is 2.14. The first-order valence-corrected chi connectivity index (χ1v) is 5.82. The number of hydrogen-bond donors (Lipinski definition) is 0. The first-order valence-electron chi connectivity index (χ1n) is 5.82. The highest BCUT2D eigenvalue weighted by molar-refractivity contribution is 5.94. The summed E-state index contributed by atoms with van der Waals surface area (Å²) < 4.78 is 26.5. The Morgan fingerprint density at radius 3 is 2.53 bits per heavy atom. The molecule has 0 unspecified atom stereocenters. The van der Waals surface area contributed by atoms with E-state index in [1.54, 1.807) is 25.2 Å². The quantitative estimate of drug-likeness (QED) is 0.830. The molecule has 19 heavy (non-hydrogen) atoms. The van der Waals surface area contributed by atoms with Gasteiger partial charge in [0.1, 0.15) is 11.6 Å². The van der Waals surface area contributed by atoms with Crippen LogP contribution in [-0.2, 0) is 6.54 Å². The average Bonchev–Trinajstić information content (AvgIpc) is 2.38. The number of halogens is 2. The van der Waals surface area contributed by atoms with Gasteiger partial charge in [-0.05, 0) is 29.8 Å². The maximum Gasteiger partial charge on any atom is 0.256 e. The first kappa shape index (κ1) is 13.2. The van der Waals surface area contributed by atoms with Crippen molar-refractivity contribution in [3.8, 4) is 0 Å². The van der Waals surface area contributed by atoms with Crippen molar-refractivity contribution >= 4 is 5.91 Å². The largest absolute Gasteiger partial charge is 0.337 e. The number of hydrogen-bond acceptors (Lipinski definition) is 1. The molecule has 1 amide bonds. The van der Waals surface area contributed by atoms with E-state index in [0.29, 0.717) is 5.56 Å². The Morgan fingerprint density at radius 1 is 1.11 bits per heavy atom. The van der Waals surface area contributed by atoms with Crippen molar-refractivity contribution in [3.63, 3.8) is 0 Å². The van der Waals surface area contributed by atoms with Crippen LogP contribution in [0.2, 0.25) is 0 Å². The molecule has 0 aliphatic heterocycles. The lowest BCUT2D eigenvalue weighted by Gasteiger charge is -2.17. The van der Waals surface area contributed by atoms with Crippen molar-refractivity contribution in [1.29, 1.82) is 0 Å². The maximum absolute atomic E-state index is 13.5. The van der Waals surface area contributed by atoms with E-state index in [9.17, 15) is 13.6 Å². The number of carbonyl (C=O) groups excluding carboxylic acids is 1. The van der Waals surface area contributed by atoms with Crippen LogP contribution >= 0.6 is 0 Å². The summed E-state index contributed by atoms with van der Waals surface area (Å²) in [6.45, 7) is 0.227. The third-order valence-corrected chi connectivity index (χ3v) is 2.76.